The second-order valence-corrected chi connectivity index (χ2v) is 3.63. The molecule has 0 heterocycles. The Balaban J connectivity index is 2.35. The van der Waals surface area contributed by atoms with E-state index >= 15 is 0 Å². The number of hydrogen-bond acceptors (Lipinski definition) is 3. The Bertz CT molecular complexity index is 398. The molecule has 0 fully saturated rings. The van der Waals surface area contributed by atoms with Gasteiger partial charge in [-0.15, -0.1) is 0 Å². The average molecular weight is 245 g/mol. The van der Waals surface area contributed by atoms with E-state index in [1.807, 2.05) is 0 Å². The molecule has 0 saturated carbocycles. The number of halogens is 2. The fourth-order valence-corrected chi connectivity index (χ4v) is 1.31. The Morgan fingerprint density at radius 2 is 2.06 bits per heavy atom. The summed E-state index contributed by atoms with van der Waals surface area (Å²) in [6.45, 7) is 0.305. The molecule has 3 N–H and O–H groups in total. The largest absolute Gasteiger partial charge is 0.481 e. The average Bonchev–Trinajstić information content (AvgIpc) is 2.22. The van der Waals surface area contributed by atoms with Crippen LogP contribution in [0.15, 0.2) is 18.2 Å². The first-order chi connectivity index (χ1) is 7.99. The van der Waals surface area contributed by atoms with Crippen LogP contribution in [0.4, 0.5) is 8.78 Å². The fraction of sp³-hybridized carbons (Fsp3) is 0.364. The van der Waals surface area contributed by atoms with Crippen molar-refractivity contribution in [2.75, 3.05) is 6.54 Å². The molecule has 0 amide bonds. The lowest BCUT2D eigenvalue weighted by Gasteiger charge is -2.09. The maximum Gasteiger partial charge on any atom is 0.306 e. The van der Waals surface area contributed by atoms with E-state index in [4.69, 9.17) is 5.11 Å². The van der Waals surface area contributed by atoms with Crippen LogP contribution in [0.2, 0.25) is 0 Å². The third kappa shape index (κ3) is 4.88. The molecule has 0 spiro atoms. The number of rotatable bonds is 6. The van der Waals surface area contributed by atoms with Gasteiger partial charge < -0.3 is 15.5 Å². The first kappa shape index (κ1) is 13.5. The molecule has 1 atom stereocenters. The van der Waals surface area contributed by atoms with Gasteiger partial charge in [0.25, 0.3) is 0 Å². The van der Waals surface area contributed by atoms with Gasteiger partial charge in [0.1, 0.15) is 0 Å². The number of aliphatic carboxylic acids is 1. The van der Waals surface area contributed by atoms with Crippen molar-refractivity contribution in [3.63, 3.8) is 0 Å². The highest BCUT2D eigenvalue weighted by Crippen LogP contribution is 2.08. The van der Waals surface area contributed by atoms with E-state index in [0.29, 0.717) is 5.56 Å². The normalized spacial score (nSPS) is 12.4. The van der Waals surface area contributed by atoms with Gasteiger partial charge in [-0.3, -0.25) is 4.79 Å². The lowest BCUT2D eigenvalue weighted by atomic mass is 10.2. The zero-order chi connectivity index (χ0) is 12.8. The number of carboxylic acids is 1. The Hall–Kier alpha value is -1.53. The van der Waals surface area contributed by atoms with E-state index < -0.39 is 23.7 Å². The van der Waals surface area contributed by atoms with Crippen molar-refractivity contribution in [1.82, 2.24) is 5.32 Å². The van der Waals surface area contributed by atoms with E-state index in [2.05, 4.69) is 5.32 Å². The molecule has 0 aliphatic carbocycles. The Kier molecular flexibility index (Phi) is 4.99. The minimum absolute atomic E-state index is 0.0747. The number of benzene rings is 1. The summed E-state index contributed by atoms with van der Waals surface area (Å²) < 4.78 is 25.4. The lowest BCUT2D eigenvalue weighted by molar-refractivity contribution is -0.139. The third-order valence-corrected chi connectivity index (χ3v) is 2.10. The second-order valence-electron chi connectivity index (χ2n) is 3.63. The van der Waals surface area contributed by atoms with Gasteiger partial charge in [-0.05, 0) is 17.7 Å². The topological polar surface area (TPSA) is 69.6 Å². The van der Waals surface area contributed by atoms with Crippen molar-refractivity contribution in [2.45, 2.75) is 19.1 Å². The van der Waals surface area contributed by atoms with Crippen LogP contribution >= 0.6 is 0 Å². The zero-order valence-electron chi connectivity index (χ0n) is 8.99. The van der Waals surface area contributed by atoms with E-state index in [1.165, 1.54) is 6.07 Å². The SMILES string of the molecule is O=C(O)CC(O)CNCc1ccc(F)c(F)c1. The summed E-state index contributed by atoms with van der Waals surface area (Å²) in [7, 11) is 0. The predicted molar refractivity (Wildman–Crippen MR) is 56.3 cm³/mol. The van der Waals surface area contributed by atoms with Crippen molar-refractivity contribution in [3.05, 3.63) is 35.4 Å². The Labute approximate surface area is 96.9 Å². The van der Waals surface area contributed by atoms with Crippen LogP contribution in [0, 0.1) is 11.6 Å². The fourth-order valence-electron chi connectivity index (χ4n) is 1.31. The van der Waals surface area contributed by atoms with Gasteiger partial charge in [-0.2, -0.15) is 0 Å². The van der Waals surface area contributed by atoms with Gasteiger partial charge in [0.05, 0.1) is 12.5 Å². The molecule has 17 heavy (non-hydrogen) atoms. The van der Waals surface area contributed by atoms with Crippen molar-refractivity contribution in [3.8, 4) is 0 Å². The van der Waals surface area contributed by atoms with Crippen LogP contribution < -0.4 is 5.32 Å². The summed E-state index contributed by atoms with van der Waals surface area (Å²) in [4.78, 5) is 10.2. The van der Waals surface area contributed by atoms with Crippen LogP contribution in [-0.4, -0.2) is 28.8 Å². The monoisotopic (exact) mass is 245 g/mol. The molecule has 1 rings (SSSR count). The van der Waals surface area contributed by atoms with Gasteiger partial charge in [0, 0.05) is 13.1 Å². The predicted octanol–water partition coefficient (Wildman–Crippen LogP) is 0.890. The zero-order valence-corrected chi connectivity index (χ0v) is 8.99. The highest BCUT2D eigenvalue weighted by molar-refractivity contribution is 5.67. The number of carboxylic acid groups (broad SMARTS) is 1. The molecule has 0 bridgehead atoms. The van der Waals surface area contributed by atoms with Crippen molar-refractivity contribution in [2.24, 2.45) is 0 Å². The molecule has 1 aromatic rings. The summed E-state index contributed by atoms with van der Waals surface area (Å²) in [6, 6.07) is 3.47. The van der Waals surface area contributed by atoms with E-state index in [0.717, 1.165) is 12.1 Å². The van der Waals surface area contributed by atoms with Crippen LogP contribution in [-0.2, 0) is 11.3 Å². The standard InChI is InChI=1S/C11H13F2NO3/c12-9-2-1-7(3-10(9)13)5-14-6-8(15)4-11(16)17/h1-3,8,14-15H,4-6H2,(H,16,17). The molecule has 0 aromatic heterocycles. The van der Waals surface area contributed by atoms with E-state index in [9.17, 15) is 18.7 Å². The smallest absolute Gasteiger partial charge is 0.306 e. The molecule has 94 valence electrons. The lowest BCUT2D eigenvalue weighted by Crippen LogP contribution is -2.28. The molecule has 6 heteroatoms. The number of aliphatic hydroxyl groups is 1. The Morgan fingerprint density at radius 3 is 2.65 bits per heavy atom. The summed E-state index contributed by atoms with van der Waals surface area (Å²) in [5.74, 6) is -2.94. The second kappa shape index (κ2) is 6.27. The quantitative estimate of drug-likeness (QED) is 0.696. The first-order valence-electron chi connectivity index (χ1n) is 5.03. The van der Waals surface area contributed by atoms with Crippen LogP contribution in [0.1, 0.15) is 12.0 Å². The highest BCUT2D eigenvalue weighted by Gasteiger charge is 2.09. The maximum atomic E-state index is 12.8. The molecule has 1 aromatic carbocycles. The van der Waals surface area contributed by atoms with E-state index in [1.54, 1.807) is 0 Å². The van der Waals surface area contributed by atoms with Crippen LogP contribution in [0.25, 0.3) is 0 Å². The van der Waals surface area contributed by atoms with Gasteiger partial charge >= 0.3 is 5.97 Å². The summed E-state index contributed by atoms with van der Waals surface area (Å²) in [6.07, 6.45) is -1.36. The molecule has 1 unspecified atom stereocenters. The van der Waals surface area contributed by atoms with E-state index in [-0.39, 0.29) is 19.5 Å². The first-order valence-corrected chi connectivity index (χ1v) is 5.03. The summed E-state index contributed by atoms with van der Waals surface area (Å²) >= 11 is 0. The van der Waals surface area contributed by atoms with Gasteiger partial charge in [-0.1, -0.05) is 6.07 Å². The summed E-state index contributed by atoms with van der Waals surface area (Å²) in [5, 5.41) is 20.4. The molecular weight excluding hydrogens is 232 g/mol. The van der Waals surface area contributed by atoms with Crippen molar-refractivity contribution >= 4 is 5.97 Å². The van der Waals surface area contributed by atoms with Crippen molar-refractivity contribution < 1.29 is 23.8 Å². The molecule has 0 saturated heterocycles. The summed E-state index contributed by atoms with van der Waals surface area (Å²) in [5.41, 5.74) is 0.520. The minimum Gasteiger partial charge on any atom is -0.481 e. The maximum absolute atomic E-state index is 12.8. The number of nitrogens with one attached hydrogen (secondary N) is 1. The molecule has 0 radical (unpaired) electrons. The number of hydrogen-bond donors (Lipinski definition) is 3. The molecule has 4 nitrogen and oxygen atoms in total. The van der Waals surface area contributed by atoms with Crippen LogP contribution in [0.5, 0.6) is 0 Å². The van der Waals surface area contributed by atoms with Gasteiger partial charge in [0.2, 0.25) is 0 Å². The number of carbonyl (C=O) groups is 1. The molecule has 0 aliphatic heterocycles. The minimum atomic E-state index is -1.09. The van der Waals surface area contributed by atoms with Gasteiger partial charge in [0.15, 0.2) is 11.6 Å². The Morgan fingerprint density at radius 1 is 1.35 bits per heavy atom. The van der Waals surface area contributed by atoms with Crippen LogP contribution in [0.3, 0.4) is 0 Å². The van der Waals surface area contributed by atoms with Crippen molar-refractivity contribution in [1.29, 1.82) is 0 Å². The highest BCUT2D eigenvalue weighted by atomic mass is 19.2. The third-order valence-electron chi connectivity index (χ3n) is 2.10. The molecular formula is C11H13F2NO3. The molecule has 0 aliphatic rings. The van der Waals surface area contributed by atoms with Gasteiger partial charge in [-0.25, -0.2) is 8.78 Å². The number of aliphatic hydroxyl groups excluding tert-OH is 1.